The summed E-state index contributed by atoms with van der Waals surface area (Å²) in [7, 11) is 0. The van der Waals surface area contributed by atoms with Crippen molar-refractivity contribution in [3.05, 3.63) is 90.8 Å². The van der Waals surface area contributed by atoms with Crippen LogP contribution < -0.4 is 21.5 Å². The van der Waals surface area contributed by atoms with E-state index in [4.69, 9.17) is 16.2 Å². The standard InChI is InChI=1S/C25H26N3O3/c1-25(2,27)24(30)28-20-12-13-22(21(16-20)23(26)29)31-15-14-17-8-10-19(11-9-17)18-6-4-3-5-7-18/h3-13,16H,1,14-15,27H2,2H3,(H2,26,29)(H,28,30)/t25-/m0/s1. The largest absolute Gasteiger partial charge is 0.492 e. The van der Waals surface area contributed by atoms with Crippen molar-refractivity contribution >= 4 is 17.5 Å². The predicted octanol–water partition coefficient (Wildman–Crippen LogP) is 3.56. The summed E-state index contributed by atoms with van der Waals surface area (Å²) in [4.78, 5) is 23.9. The Balaban J connectivity index is 1.63. The summed E-state index contributed by atoms with van der Waals surface area (Å²) in [5.41, 5.74) is 13.9. The van der Waals surface area contributed by atoms with Gasteiger partial charge >= 0.3 is 0 Å². The van der Waals surface area contributed by atoms with Gasteiger partial charge in [0.05, 0.1) is 17.7 Å². The zero-order valence-electron chi connectivity index (χ0n) is 17.4. The summed E-state index contributed by atoms with van der Waals surface area (Å²) in [5.74, 6) is -0.768. The van der Waals surface area contributed by atoms with Crippen LogP contribution in [-0.2, 0) is 11.2 Å². The second kappa shape index (κ2) is 9.45. The minimum Gasteiger partial charge on any atom is -0.492 e. The third-order valence-electron chi connectivity index (χ3n) is 4.73. The predicted molar refractivity (Wildman–Crippen MR) is 123 cm³/mol. The van der Waals surface area contributed by atoms with E-state index in [1.54, 1.807) is 12.1 Å². The zero-order chi connectivity index (χ0) is 22.4. The van der Waals surface area contributed by atoms with Gasteiger partial charge in [-0.15, -0.1) is 0 Å². The smallest absolute Gasteiger partial charge is 0.252 e. The van der Waals surface area contributed by atoms with Crippen molar-refractivity contribution in [3.8, 4) is 16.9 Å². The van der Waals surface area contributed by atoms with E-state index in [1.807, 2.05) is 18.2 Å². The number of ether oxygens (including phenoxy) is 1. The molecule has 3 aromatic carbocycles. The summed E-state index contributed by atoms with van der Waals surface area (Å²) in [6.45, 7) is 5.44. The molecule has 0 heterocycles. The van der Waals surface area contributed by atoms with Crippen molar-refractivity contribution in [1.29, 1.82) is 0 Å². The molecule has 5 N–H and O–H groups in total. The Morgan fingerprint density at radius 1 is 1.00 bits per heavy atom. The molecule has 1 atom stereocenters. The molecule has 0 spiro atoms. The minimum absolute atomic E-state index is 0.181. The monoisotopic (exact) mass is 416 g/mol. The summed E-state index contributed by atoms with van der Waals surface area (Å²) in [6.07, 6.45) is 0.665. The fourth-order valence-electron chi connectivity index (χ4n) is 2.97. The molecule has 0 saturated heterocycles. The number of rotatable bonds is 8. The van der Waals surface area contributed by atoms with Gasteiger partial charge in [-0.05, 0) is 48.7 Å². The number of amides is 2. The van der Waals surface area contributed by atoms with Gasteiger partial charge in [-0.2, -0.15) is 0 Å². The van der Waals surface area contributed by atoms with Crippen LogP contribution in [0.2, 0.25) is 0 Å². The molecule has 0 aliphatic carbocycles. The van der Waals surface area contributed by atoms with Gasteiger partial charge in [0.1, 0.15) is 5.75 Å². The molecular weight excluding hydrogens is 390 g/mol. The number of nitrogens with one attached hydrogen (secondary N) is 1. The second-order valence-electron chi connectivity index (χ2n) is 7.61. The molecule has 0 saturated carbocycles. The van der Waals surface area contributed by atoms with Crippen molar-refractivity contribution in [2.45, 2.75) is 18.9 Å². The topological polar surface area (TPSA) is 107 Å². The number of benzene rings is 3. The van der Waals surface area contributed by atoms with E-state index in [1.165, 1.54) is 13.0 Å². The molecule has 3 aromatic rings. The van der Waals surface area contributed by atoms with Gasteiger partial charge in [0.2, 0.25) is 5.91 Å². The quantitative estimate of drug-likeness (QED) is 0.522. The van der Waals surface area contributed by atoms with Gasteiger partial charge in [-0.25, -0.2) is 0 Å². The Kier molecular flexibility index (Phi) is 6.72. The third kappa shape index (κ3) is 5.93. The highest BCUT2D eigenvalue weighted by Crippen LogP contribution is 2.24. The minimum atomic E-state index is -1.29. The molecule has 6 heteroatoms. The second-order valence-corrected chi connectivity index (χ2v) is 7.61. The maximum Gasteiger partial charge on any atom is 0.252 e. The maximum absolute atomic E-state index is 12.0. The van der Waals surface area contributed by atoms with Gasteiger partial charge in [-0.3, -0.25) is 9.59 Å². The number of anilines is 1. The first-order chi connectivity index (χ1) is 14.7. The lowest BCUT2D eigenvalue weighted by Gasteiger charge is -2.18. The average molecular weight is 417 g/mol. The molecule has 6 nitrogen and oxygen atoms in total. The first-order valence-corrected chi connectivity index (χ1v) is 9.91. The normalized spacial score (nSPS) is 11.1. The Labute approximate surface area is 182 Å². The molecular formula is C25H26N3O3. The summed E-state index contributed by atoms with van der Waals surface area (Å²) in [6, 6.07) is 23.1. The van der Waals surface area contributed by atoms with Crippen molar-refractivity contribution in [1.82, 2.24) is 0 Å². The Bertz CT molecular complexity index is 1060. The van der Waals surface area contributed by atoms with Crippen molar-refractivity contribution < 1.29 is 14.3 Å². The molecule has 0 fully saturated rings. The first-order valence-electron chi connectivity index (χ1n) is 9.91. The highest BCUT2D eigenvalue weighted by Gasteiger charge is 2.22. The van der Waals surface area contributed by atoms with E-state index in [0.717, 1.165) is 16.7 Å². The van der Waals surface area contributed by atoms with Crippen LogP contribution in [0.3, 0.4) is 0 Å². The van der Waals surface area contributed by atoms with Gasteiger partial charge in [0.25, 0.3) is 5.91 Å². The third-order valence-corrected chi connectivity index (χ3v) is 4.73. The van der Waals surface area contributed by atoms with Crippen molar-refractivity contribution in [3.63, 3.8) is 0 Å². The van der Waals surface area contributed by atoms with Crippen LogP contribution in [0.5, 0.6) is 5.75 Å². The average Bonchev–Trinajstić information content (AvgIpc) is 2.75. The molecule has 159 valence electrons. The Morgan fingerprint density at radius 2 is 1.65 bits per heavy atom. The summed E-state index contributed by atoms with van der Waals surface area (Å²) in [5, 5.41) is 2.62. The number of carbonyl (C=O) groups is 2. The van der Waals surface area contributed by atoms with E-state index >= 15 is 0 Å². The van der Waals surface area contributed by atoms with Gasteiger partial charge in [0, 0.05) is 12.1 Å². The molecule has 0 aliphatic heterocycles. The molecule has 0 aliphatic rings. The molecule has 2 amide bonds. The fourth-order valence-corrected chi connectivity index (χ4v) is 2.97. The van der Waals surface area contributed by atoms with Crippen LogP contribution in [0.1, 0.15) is 22.8 Å². The molecule has 1 radical (unpaired) electrons. The molecule has 0 unspecified atom stereocenters. The summed E-state index contributed by atoms with van der Waals surface area (Å²) < 4.78 is 5.79. The molecule has 31 heavy (non-hydrogen) atoms. The lowest BCUT2D eigenvalue weighted by atomic mass is 10.0. The van der Waals surface area contributed by atoms with Crippen LogP contribution in [-0.4, -0.2) is 24.0 Å². The van der Waals surface area contributed by atoms with E-state index in [9.17, 15) is 9.59 Å². The van der Waals surface area contributed by atoms with E-state index in [0.29, 0.717) is 24.5 Å². The van der Waals surface area contributed by atoms with Crippen LogP contribution in [0.4, 0.5) is 5.69 Å². The highest BCUT2D eigenvalue weighted by atomic mass is 16.5. The lowest BCUT2D eigenvalue weighted by molar-refractivity contribution is -0.119. The van der Waals surface area contributed by atoms with Crippen LogP contribution in [0, 0.1) is 6.92 Å². The first kappa shape index (κ1) is 22.1. The Morgan fingerprint density at radius 3 is 2.26 bits per heavy atom. The van der Waals surface area contributed by atoms with E-state index in [-0.39, 0.29) is 5.56 Å². The van der Waals surface area contributed by atoms with Crippen molar-refractivity contribution in [2.24, 2.45) is 11.5 Å². The van der Waals surface area contributed by atoms with E-state index < -0.39 is 17.4 Å². The lowest BCUT2D eigenvalue weighted by Crippen LogP contribution is -2.45. The van der Waals surface area contributed by atoms with E-state index in [2.05, 4.69) is 48.6 Å². The number of carbonyl (C=O) groups excluding carboxylic acids is 2. The number of hydrogen-bond acceptors (Lipinski definition) is 4. The van der Waals surface area contributed by atoms with Gasteiger partial charge in [0.15, 0.2) is 0 Å². The SMILES string of the molecule is [CH2][C@@](C)(N)C(=O)Nc1ccc(OCCc2ccc(-c3ccccc3)cc2)c(C(N)=O)c1. The molecule has 0 aromatic heterocycles. The summed E-state index contributed by atoms with van der Waals surface area (Å²) >= 11 is 0. The fraction of sp³-hybridized carbons (Fsp3) is 0.160. The molecule has 3 rings (SSSR count). The molecule has 0 bridgehead atoms. The van der Waals surface area contributed by atoms with Gasteiger partial charge < -0.3 is 21.5 Å². The van der Waals surface area contributed by atoms with Crippen molar-refractivity contribution in [2.75, 3.05) is 11.9 Å². The van der Waals surface area contributed by atoms with Gasteiger partial charge in [-0.1, -0.05) is 54.6 Å². The van der Waals surface area contributed by atoms with Crippen LogP contribution in [0.15, 0.2) is 72.8 Å². The maximum atomic E-state index is 12.0. The highest BCUT2D eigenvalue weighted by molar-refractivity contribution is 6.01. The Hall–Kier alpha value is -3.64. The number of hydrogen-bond donors (Lipinski definition) is 3. The zero-order valence-corrected chi connectivity index (χ0v) is 17.4. The number of primary amides is 1. The number of nitrogens with two attached hydrogens (primary N) is 2. The van der Waals surface area contributed by atoms with Crippen LogP contribution >= 0.6 is 0 Å². The van der Waals surface area contributed by atoms with Crippen LogP contribution in [0.25, 0.3) is 11.1 Å².